The molecule has 0 aliphatic carbocycles. The lowest BCUT2D eigenvalue weighted by Crippen LogP contribution is -2.48. The van der Waals surface area contributed by atoms with Crippen molar-refractivity contribution in [2.75, 3.05) is 31.6 Å². The highest BCUT2D eigenvalue weighted by molar-refractivity contribution is 7.80. The van der Waals surface area contributed by atoms with E-state index >= 15 is 0 Å². The van der Waals surface area contributed by atoms with E-state index in [2.05, 4.69) is 25.5 Å². The zero-order valence-electron chi connectivity index (χ0n) is 17.2. The molecule has 9 heteroatoms. The SMILES string of the molecule is C[C@@H]1CN(/C(=N/C(=N)c2ccc(NC(=S)NCCO)cc2)c2ccc[nH]2)C[C@H](C)O1. The van der Waals surface area contributed by atoms with Crippen LogP contribution in [0.5, 0.6) is 0 Å². The fraction of sp³-hybridized carbons (Fsp3) is 0.381. The first kappa shape index (κ1) is 21.9. The Morgan fingerprint density at radius 3 is 2.57 bits per heavy atom. The number of morpholine rings is 1. The first-order chi connectivity index (χ1) is 14.5. The van der Waals surface area contributed by atoms with Crippen LogP contribution in [0.15, 0.2) is 47.6 Å². The standard InChI is InChI=1S/C21H28N6O2S/c1-14-12-27(13-15(2)29-14)20(18-4-3-9-23-18)26-19(22)16-5-7-17(8-6-16)25-21(30)24-10-11-28/h3-9,14-15,22-23,28H,10-13H2,1-2H3,(H2,24,25,30)/b22-19?,26-20+/t14-,15+. The number of aliphatic hydroxyl groups is 1. The molecular weight excluding hydrogens is 400 g/mol. The van der Waals surface area contributed by atoms with Crippen LogP contribution in [0.25, 0.3) is 0 Å². The third-order valence-electron chi connectivity index (χ3n) is 4.59. The molecule has 0 radical (unpaired) electrons. The van der Waals surface area contributed by atoms with Gasteiger partial charge in [-0.05, 0) is 62.5 Å². The molecule has 5 N–H and O–H groups in total. The van der Waals surface area contributed by atoms with E-state index in [9.17, 15) is 0 Å². The highest BCUT2D eigenvalue weighted by Crippen LogP contribution is 2.16. The Bertz CT molecular complexity index is 871. The summed E-state index contributed by atoms with van der Waals surface area (Å²) in [6, 6.07) is 11.2. The maximum absolute atomic E-state index is 8.84. The van der Waals surface area contributed by atoms with Gasteiger partial charge in [0.15, 0.2) is 16.8 Å². The number of benzene rings is 1. The van der Waals surface area contributed by atoms with Gasteiger partial charge in [0.05, 0.1) is 24.5 Å². The third kappa shape index (κ3) is 5.88. The van der Waals surface area contributed by atoms with Crippen LogP contribution in [0.4, 0.5) is 5.69 Å². The average molecular weight is 429 g/mol. The highest BCUT2D eigenvalue weighted by atomic mass is 32.1. The Balaban J connectivity index is 1.76. The van der Waals surface area contributed by atoms with Crippen LogP contribution in [0.3, 0.4) is 0 Å². The van der Waals surface area contributed by atoms with E-state index < -0.39 is 0 Å². The number of ether oxygens (including phenoxy) is 1. The molecule has 160 valence electrons. The predicted molar refractivity (Wildman–Crippen MR) is 123 cm³/mol. The fourth-order valence-corrected chi connectivity index (χ4v) is 3.57. The van der Waals surface area contributed by atoms with Crippen LogP contribution in [0.1, 0.15) is 25.1 Å². The molecule has 1 aliphatic rings. The number of aliphatic hydroxyl groups excluding tert-OH is 1. The van der Waals surface area contributed by atoms with Crippen LogP contribution in [-0.2, 0) is 4.74 Å². The summed E-state index contributed by atoms with van der Waals surface area (Å²) in [6.07, 6.45) is 2.05. The van der Waals surface area contributed by atoms with E-state index in [1.807, 2.05) is 56.4 Å². The lowest BCUT2D eigenvalue weighted by atomic mass is 10.2. The minimum atomic E-state index is 0.0137. The molecular formula is C21H28N6O2S. The molecule has 3 rings (SSSR count). The van der Waals surface area contributed by atoms with Gasteiger partial charge in [0, 0.05) is 37.1 Å². The van der Waals surface area contributed by atoms with Gasteiger partial charge in [-0.2, -0.15) is 0 Å². The predicted octanol–water partition coefficient (Wildman–Crippen LogP) is 2.17. The number of nitrogens with one attached hydrogen (secondary N) is 4. The Labute approximate surface area is 181 Å². The normalized spacial score (nSPS) is 19.4. The number of amidine groups is 2. The smallest absolute Gasteiger partial charge is 0.170 e. The third-order valence-corrected chi connectivity index (χ3v) is 4.84. The summed E-state index contributed by atoms with van der Waals surface area (Å²) < 4.78 is 5.85. The summed E-state index contributed by atoms with van der Waals surface area (Å²) in [5.74, 6) is 0.919. The van der Waals surface area contributed by atoms with Crippen molar-refractivity contribution in [3.8, 4) is 0 Å². The van der Waals surface area contributed by atoms with Gasteiger partial charge in [0.2, 0.25) is 0 Å². The summed E-state index contributed by atoms with van der Waals surface area (Å²) in [7, 11) is 0. The molecule has 0 amide bonds. The quantitative estimate of drug-likeness (QED) is 0.284. The van der Waals surface area contributed by atoms with E-state index in [4.69, 9.17) is 27.5 Å². The van der Waals surface area contributed by atoms with Gasteiger partial charge in [-0.15, -0.1) is 0 Å². The molecule has 0 spiro atoms. The first-order valence-electron chi connectivity index (χ1n) is 9.94. The minimum Gasteiger partial charge on any atom is -0.395 e. The van der Waals surface area contributed by atoms with Crippen molar-refractivity contribution in [3.05, 3.63) is 53.9 Å². The number of aromatic amines is 1. The zero-order chi connectivity index (χ0) is 21.5. The van der Waals surface area contributed by atoms with Crippen molar-refractivity contribution in [3.63, 3.8) is 0 Å². The fourth-order valence-electron chi connectivity index (χ4n) is 3.35. The van der Waals surface area contributed by atoms with Crippen LogP contribution >= 0.6 is 12.2 Å². The Kier molecular flexibility index (Phi) is 7.56. The lowest BCUT2D eigenvalue weighted by molar-refractivity contribution is -0.0478. The molecule has 1 aromatic heterocycles. The maximum atomic E-state index is 8.84. The van der Waals surface area contributed by atoms with Gasteiger partial charge in [0.25, 0.3) is 0 Å². The van der Waals surface area contributed by atoms with Crippen molar-refractivity contribution in [1.82, 2.24) is 15.2 Å². The van der Waals surface area contributed by atoms with Crippen LogP contribution in [0, 0.1) is 5.41 Å². The summed E-state index contributed by atoms with van der Waals surface area (Å²) in [5, 5.41) is 23.8. The topological polar surface area (TPSA) is 109 Å². The van der Waals surface area contributed by atoms with Gasteiger partial charge in [0.1, 0.15) is 0 Å². The van der Waals surface area contributed by atoms with Crippen molar-refractivity contribution >= 4 is 34.7 Å². The van der Waals surface area contributed by atoms with Gasteiger partial charge in [-0.1, -0.05) is 0 Å². The van der Waals surface area contributed by atoms with Crippen molar-refractivity contribution in [1.29, 1.82) is 5.41 Å². The molecule has 0 saturated carbocycles. The van der Waals surface area contributed by atoms with Gasteiger partial charge in [-0.25, -0.2) is 4.99 Å². The molecule has 2 aromatic rings. The van der Waals surface area contributed by atoms with Crippen molar-refractivity contribution in [2.45, 2.75) is 26.1 Å². The number of rotatable bonds is 5. The second-order valence-corrected chi connectivity index (χ2v) is 7.62. The summed E-state index contributed by atoms with van der Waals surface area (Å²) >= 11 is 5.16. The zero-order valence-corrected chi connectivity index (χ0v) is 18.0. The van der Waals surface area contributed by atoms with Gasteiger partial charge >= 0.3 is 0 Å². The number of nitrogens with zero attached hydrogens (tertiary/aromatic N) is 2. The Morgan fingerprint density at radius 1 is 1.27 bits per heavy atom. The monoisotopic (exact) mass is 428 g/mol. The largest absolute Gasteiger partial charge is 0.395 e. The highest BCUT2D eigenvalue weighted by Gasteiger charge is 2.26. The summed E-state index contributed by atoms with van der Waals surface area (Å²) in [6.45, 7) is 5.94. The van der Waals surface area contributed by atoms with Crippen LogP contribution in [0.2, 0.25) is 0 Å². The maximum Gasteiger partial charge on any atom is 0.170 e. The summed E-state index contributed by atoms with van der Waals surface area (Å²) in [4.78, 5) is 10.0. The van der Waals surface area contributed by atoms with E-state index in [0.29, 0.717) is 17.2 Å². The second kappa shape index (κ2) is 10.3. The number of thiocarbonyl (C=S) groups is 1. The molecule has 1 saturated heterocycles. The average Bonchev–Trinajstić information content (AvgIpc) is 3.24. The van der Waals surface area contributed by atoms with E-state index in [1.165, 1.54) is 0 Å². The molecule has 0 unspecified atom stereocenters. The van der Waals surface area contributed by atoms with Crippen LogP contribution in [-0.4, -0.2) is 70.2 Å². The first-order valence-corrected chi connectivity index (χ1v) is 10.3. The Hall–Kier alpha value is -2.75. The van der Waals surface area contributed by atoms with Gasteiger partial charge < -0.3 is 30.4 Å². The van der Waals surface area contributed by atoms with E-state index in [-0.39, 0.29) is 24.7 Å². The minimum absolute atomic E-state index is 0.0137. The molecule has 1 aromatic carbocycles. The number of aliphatic imine (C=N–C) groups is 1. The number of aromatic nitrogens is 1. The van der Waals surface area contributed by atoms with Crippen LogP contribution < -0.4 is 10.6 Å². The van der Waals surface area contributed by atoms with Crippen molar-refractivity contribution in [2.24, 2.45) is 4.99 Å². The number of anilines is 1. The van der Waals surface area contributed by atoms with E-state index in [0.717, 1.165) is 30.3 Å². The number of hydrogen-bond acceptors (Lipinski definition) is 4. The molecule has 1 fully saturated rings. The second-order valence-electron chi connectivity index (χ2n) is 7.21. The molecule has 8 nitrogen and oxygen atoms in total. The van der Waals surface area contributed by atoms with Crippen molar-refractivity contribution < 1.29 is 9.84 Å². The number of hydrogen-bond donors (Lipinski definition) is 5. The molecule has 1 aliphatic heterocycles. The van der Waals surface area contributed by atoms with E-state index in [1.54, 1.807) is 0 Å². The molecule has 30 heavy (non-hydrogen) atoms. The lowest BCUT2D eigenvalue weighted by Gasteiger charge is -2.37. The van der Waals surface area contributed by atoms with Gasteiger partial charge in [-0.3, -0.25) is 5.41 Å². The molecule has 2 atom stereocenters. The summed E-state index contributed by atoms with van der Waals surface area (Å²) in [5.41, 5.74) is 2.37. The molecule has 0 bridgehead atoms. The Morgan fingerprint density at radius 2 is 1.97 bits per heavy atom. The number of H-pyrrole nitrogens is 1. The molecule has 2 heterocycles.